The van der Waals surface area contributed by atoms with E-state index < -0.39 is 29.2 Å². The van der Waals surface area contributed by atoms with Crippen LogP contribution in [0.5, 0.6) is 0 Å². The molecule has 1 unspecified atom stereocenters. The molecule has 0 saturated heterocycles. The van der Waals surface area contributed by atoms with Gasteiger partial charge < -0.3 is 10.6 Å². The van der Waals surface area contributed by atoms with Crippen molar-refractivity contribution < 1.29 is 18.0 Å². The van der Waals surface area contributed by atoms with E-state index in [4.69, 9.17) is 0 Å². The van der Waals surface area contributed by atoms with Crippen LogP contribution in [0.1, 0.15) is 18.5 Å². The first kappa shape index (κ1) is 16.4. The maximum Gasteiger partial charge on any atom is 0.319 e. The number of carbonyl (C=O) groups excluding carboxylic acids is 1. The molecule has 0 fully saturated rings. The summed E-state index contributed by atoms with van der Waals surface area (Å²) in [5.74, 6) is -4.38. The van der Waals surface area contributed by atoms with E-state index in [9.17, 15) is 18.0 Å². The van der Waals surface area contributed by atoms with Gasteiger partial charge in [0.2, 0.25) is 0 Å². The lowest BCUT2D eigenvalue weighted by atomic mass is 10.1. The Balaban J connectivity index is 2.04. The maximum absolute atomic E-state index is 13.5. The van der Waals surface area contributed by atoms with Crippen LogP contribution in [-0.4, -0.2) is 6.03 Å². The van der Waals surface area contributed by atoms with Gasteiger partial charge in [-0.05, 0) is 36.8 Å². The Labute approximate surface area is 133 Å². The van der Waals surface area contributed by atoms with Crippen LogP contribution < -0.4 is 10.6 Å². The fourth-order valence-corrected chi connectivity index (χ4v) is 2.08. The van der Waals surface area contributed by atoms with E-state index in [2.05, 4.69) is 26.6 Å². The molecule has 2 aromatic carbocycles. The molecule has 116 valence electrons. The summed E-state index contributed by atoms with van der Waals surface area (Å²) in [6.45, 7) is 1.74. The van der Waals surface area contributed by atoms with Gasteiger partial charge >= 0.3 is 6.03 Å². The van der Waals surface area contributed by atoms with Crippen LogP contribution in [0.4, 0.5) is 23.7 Å². The molecule has 2 aromatic rings. The van der Waals surface area contributed by atoms with Crippen molar-refractivity contribution in [3.05, 3.63) is 63.9 Å². The van der Waals surface area contributed by atoms with Gasteiger partial charge in [0, 0.05) is 4.47 Å². The molecule has 2 N–H and O–H groups in total. The molecule has 2 rings (SSSR count). The third-order valence-corrected chi connectivity index (χ3v) is 3.53. The van der Waals surface area contributed by atoms with Gasteiger partial charge in [-0.1, -0.05) is 28.1 Å². The molecule has 3 nitrogen and oxygen atoms in total. The Kier molecular flexibility index (Phi) is 5.07. The highest BCUT2D eigenvalue weighted by atomic mass is 79.9. The van der Waals surface area contributed by atoms with Crippen LogP contribution in [0.2, 0.25) is 0 Å². The molecule has 0 heterocycles. The summed E-state index contributed by atoms with van der Waals surface area (Å²) < 4.78 is 40.3. The summed E-state index contributed by atoms with van der Waals surface area (Å²) in [5, 5.41) is 4.73. The second kappa shape index (κ2) is 6.83. The summed E-state index contributed by atoms with van der Waals surface area (Å²) >= 11 is 3.30. The van der Waals surface area contributed by atoms with E-state index in [1.165, 1.54) is 0 Å². The van der Waals surface area contributed by atoms with Gasteiger partial charge in [0.05, 0.1) is 11.7 Å². The average Bonchev–Trinajstić information content (AvgIpc) is 2.48. The van der Waals surface area contributed by atoms with E-state index >= 15 is 0 Å². The lowest BCUT2D eigenvalue weighted by molar-refractivity contribution is 0.249. The summed E-state index contributed by atoms with van der Waals surface area (Å²) in [7, 11) is 0. The topological polar surface area (TPSA) is 41.1 Å². The molecule has 1 atom stereocenters. The molecule has 0 aliphatic rings. The van der Waals surface area contributed by atoms with E-state index in [0.717, 1.165) is 22.2 Å². The first-order chi connectivity index (χ1) is 10.4. The van der Waals surface area contributed by atoms with Crippen LogP contribution >= 0.6 is 15.9 Å². The van der Waals surface area contributed by atoms with Crippen molar-refractivity contribution in [1.82, 2.24) is 5.32 Å². The number of urea groups is 1. The summed E-state index contributed by atoms with van der Waals surface area (Å²) in [6.07, 6.45) is 0. The second-order valence-electron chi connectivity index (χ2n) is 4.59. The van der Waals surface area contributed by atoms with Crippen molar-refractivity contribution in [1.29, 1.82) is 0 Å². The molecule has 2 amide bonds. The first-order valence-electron chi connectivity index (χ1n) is 6.35. The van der Waals surface area contributed by atoms with Gasteiger partial charge in [-0.3, -0.25) is 0 Å². The maximum atomic E-state index is 13.5. The number of rotatable bonds is 3. The highest BCUT2D eigenvalue weighted by Crippen LogP contribution is 2.20. The minimum atomic E-state index is -1.63. The number of carbonyl (C=O) groups is 1. The number of benzene rings is 2. The molecule has 0 radical (unpaired) electrons. The van der Waals surface area contributed by atoms with E-state index in [1.54, 1.807) is 6.92 Å². The zero-order valence-electron chi connectivity index (χ0n) is 11.5. The number of hydrogen-bond acceptors (Lipinski definition) is 1. The molecule has 0 aliphatic carbocycles. The highest BCUT2D eigenvalue weighted by Gasteiger charge is 2.16. The number of anilines is 1. The van der Waals surface area contributed by atoms with Crippen molar-refractivity contribution >= 4 is 27.6 Å². The molecule has 7 heteroatoms. The fourth-order valence-electron chi connectivity index (χ4n) is 1.81. The zero-order chi connectivity index (χ0) is 16.3. The number of halogens is 4. The van der Waals surface area contributed by atoms with Crippen LogP contribution in [-0.2, 0) is 0 Å². The van der Waals surface area contributed by atoms with Crippen molar-refractivity contribution in [2.45, 2.75) is 13.0 Å². The summed E-state index contributed by atoms with van der Waals surface area (Å²) in [4.78, 5) is 11.8. The number of nitrogens with one attached hydrogen (secondary N) is 2. The minimum Gasteiger partial charge on any atom is -0.331 e. The van der Waals surface area contributed by atoms with Gasteiger partial charge in [0.25, 0.3) is 0 Å². The predicted molar refractivity (Wildman–Crippen MR) is 81.0 cm³/mol. The molecular formula is C15H12BrF3N2O. The fraction of sp³-hybridized carbons (Fsp3) is 0.133. The predicted octanol–water partition coefficient (Wildman–Crippen LogP) is 4.75. The molecule has 0 spiro atoms. The molecule has 0 aliphatic heterocycles. The van der Waals surface area contributed by atoms with Gasteiger partial charge in [0.15, 0.2) is 17.5 Å². The number of hydrogen-bond donors (Lipinski definition) is 2. The first-order valence-corrected chi connectivity index (χ1v) is 7.14. The lowest BCUT2D eigenvalue weighted by Gasteiger charge is -2.15. The smallest absolute Gasteiger partial charge is 0.319 e. The van der Waals surface area contributed by atoms with Gasteiger partial charge in [-0.25, -0.2) is 18.0 Å². The Morgan fingerprint density at radius 1 is 1.05 bits per heavy atom. The van der Waals surface area contributed by atoms with Gasteiger partial charge in [-0.2, -0.15) is 0 Å². The Morgan fingerprint density at radius 2 is 1.68 bits per heavy atom. The third kappa shape index (κ3) is 3.79. The quantitative estimate of drug-likeness (QED) is 0.750. The second-order valence-corrected chi connectivity index (χ2v) is 5.51. The molecule has 0 saturated carbocycles. The van der Waals surface area contributed by atoms with Crippen LogP contribution in [0.15, 0.2) is 40.9 Å². The van der Waals surface area contributed by atoms with Crippen molar-refractivity contribution in [3.63, 3.8) is 0 Å². The van der Waals surface area contributed by atoms with Crippen molar-refractivity contribution in [2.24, 2.45) is 0 Å². The molecular weight excluding hydrogens is 361 g/mol. The van der Waals surface area contributed by atoms with Crippen LogP contribution in [0.3, 0.4) is 0 Å². The summed E-state index contributed by atoms with van der Waals surface area (Å²) in [6, 6.07) is 7.90. The Morgan fingerprint density at radius 3 is 2.32 bits per heavy atom. The van der Waals surface area contributed by atoms with Crippen LogP contribution in [0.25, 0.3) is 0 Å². The minimum absolute atomic E-state index is 0.346. The van der Waals surface area contributed by atoms with E-state index in [-0.39, 0.29) is 6.04 Å². The third-order valence-electron chi connectivity index (χ3n) is 3.00. The Hall–Kier alpha value is -2.02. The standard InChI is InChI=1S/C15H12BrF3N2O/c1-8(9-2-4-10(16)5-3-9)20-15(22)21-12-7-6-11(17)13(18)14(12)19/h2-8H,1H3,(H2,20,21,22). The largest absolute Gasteiger partial charge is 0.331 e. The van der Waals surface area contributed by atoms with E-state index in [0.29, 0.717) is 0 Å². The van der Waals surface area contributed by atoms with E-state index in [1.807, 2.05) is 24.3 Å². The molecule has 0 bridgehead atoms. The molecule has 0 aromatic heterocycles. The van der Waals surface area contributed by atoms with Gasteiger partial charge in [-0.15, -0.1) is 0 Å². The SMILES string of the molecule is CC(NC(=O)Nc1ccc(F)c(F)c1F)c1ccc(Br)cc1. The van der Waals surface area contributed by atoms with Gasteiger partial charge in [0.1, 0.15) is 0 Å². The average molecular weight is 373 g/mol. The van der Waals surface area contributed by atoms with Crippen LogP contribution in [0, 0.1) is 17.5 Å². The number of amides is 2. The monoisotopic (exact) mass is 372 g/mol. The summed E-state index contributed by atoms with van der Waals surface area (Å²) in [5.41, 5.74) is 0.406. The molecule has 22 heavy (non-hydrogen) atoms. The normalized spacial score (nSPS) is 11.9. The Bertz CT molecular complexity index is 692. The lowest BCUT2D eigenvalue weighted by Crippen LogP contribution is -2.31. The zero-order valence-corrected chi connectivity index (χ0v) is 13.0. The highest BCUT2D eigenvalue weighted by molar-refractivity contribution is 9.10. The van der Waals surface area contributed by atoms with Crippen molar-refractivity contribution in [3.8, 4) is 0 Å². The van der Waals surface area contributed by atoms with Crippen molar-refractivity contribution in [2.75, 3.05) is 5.32 Å².